The number of phenols is 1. The molecule has 5 heteroatoms. The first-order valence-electron chi connectivity index (χ1n) is 5.57. The number of hydrogen-bond donors (Lipinski definition) is 2. The number of carbonyl (C=O) groups is 1. The second kappa shape index (κ2) is 5.84. The molecule has 0 atom stereocenters. The van der Waals surface area contributed by atoms with Crippen LogP contribution in [-0.4, -0.2) is 11.0 Å². The Kier molecular flexibility index (Phi) is 4.16. The molecular weight excluding hydrogens is 313 g/mol. The van der Waals surface area contributed by atoms with E-state index in [0.717, 1.165) is 5.56 Å². The lowest BCUT2D eigenvalue weighted by Crippen LogP contribution is -2.22. The van der Waals surface area contributed by atoms with Gasteiger partial charge in [0.1, 0.15) is 11.6 Å². The fraction of sp³-hybridized carbons (Fsp3) is 0.0714. The highest BCUT2D eigenvalue weighted by atomic mass is 79.9. The summed E-state index contributed by atoms with van der Waals surface area (Å²) in [6.45, 7) is 0.269. The molecule has 0 aliphatic carbocycles. The van der Waals surface area contributed by atoms with Crippen molar-refractivity contribution in [3.8, 4) is 5.75 Å². The molecule has 0 heterocycles. The van der Waals surface area contributed by atoms with Crippen molar-refractivity contribution in [3.05, 3.63) is 63.9 Å². The molecule has 2 N–H and O–H groups in total. The average Bonchev–Trinajstić information content (AvgIpc) is 2.39. The van der Waals surface area contributed by atoms with Gasteiger partial charge in [-0.25, -0.2) is 4.39 Å². The van der Waals surface area contributed by atoms with Crippen molar-refractivity contribution in [3.63, 3.8) is 0 Å². The van der Waals surface area contributed by atoms with E-state index >= 15 is 0 Å². The third-order valence-corrected chi connectivity index (χ3v) is 3.19. The minimum atomic E-state index is -0.481. The molecule has 0 saturated heterocycles. The minimum Gasteiger partial charge on any atom is -0.508 e. The fourth-order valence-corrected chi connectivity index (χ4v) is 1.83. The molecule has 0 aromatic heterocycles. The Bertz CT molecular complexity index is 616. The second-order valence-corrected chi connectivity index (χ2v) is 4.84. The van der Waals surface area contributed by atoms with Gasteiger partial charge < -0.3 is 10.4 Å². The molecule has 0 aliphatic heterocycles. The van der Waals surface area contributed by atoms with Crippen LogP contribution in [0.3, 0.4) is 0 Å². The number of aromatic hydroxyl groups is 1. The van der Waals surface area contributed by atoms with E-state index in [4.69, 9.17) is 0 Å². The lowest BCUT2D eigenvalue weighted by molar-refractivity contribution is 0.0950. The molecule has 2 rings (SSSR count). The van der Waals surface area contributed by atoms with Gasteiger partial charge in [-0.2, -0.15) is 0 Å². The Hall–Kier alpha value is -1.88. The molecule has 0 bridgehead atoms. The summed E-state index contributed by atoms with van der Waals surface area (Å²) < 4.78 is 13.6. The Morgan fingerprint density at radius 3 is 2.74 bits per heavy atom. The zero-order valence-electron chi connectivity index (χ0n) is 9.86. The highest BCUT2D eigenvalue weighted by Gasteiger charge is 2.08. The number of benzene rings is 2. The van der Waals surface area contributed by atoms with Crippen molar-refractivity contribution < 1.29 is 14.3 Å². The summed E-state index contributed by atoms with van der Waals surface area (Å²) >= 11 is 3.03. The van der Waals surface area contributed by atoms with Gasteiger partial charge in [-0.1, -0.05) is 12.1 Å². The van der Waals surface area contributed by atoms with E-state index in [1.54, 1.807) is 24.3 Å². The molecule has 0 saturated carbocycles. The standard InChI is InChI=1S/C14H11BrFNO2/c15-12-5-4-10(7-13(12)16)14(19)17-8-9-2-1-3-11(18)6-9/h1-7,18H,8H2,(H,17,19). The summed E-state index contributed by atoms with van der Waals surface area (Å²) in [6, 6.07) is 10.8. The van der Waals surface area contributed by atoms with Crippen molar-refractivity contribution >= 4 is 21.8 Å². The van der Waals surface area contributed by atoms with Gasteiger partial charge in [0, 0.05) is 12.1 Å². The topological polar surface area (TPSA) is 49.3 Å². The van der Waals surface area contributed by atoms with Crippen LogP contribution in [0.5, 0.6) is 5.75 Å². The van der Waals surface area contributed by atoms with E-state index < -0.39 is 5.82 Å². The van der Waals surface area contributed by atoms with Crippen LogP contribution < -0.4 is 5.32 Å². The van der Waals surface area contributed by atoms with Gasteiger partial charge in [0.25, 0.3) is 5.91 Å². The van der Waals surface area contributed by atoms with Crippen molar-refractivity contribution in [2.45, 2.75) is 6.54 Å². The maximum atomic E-state index is 13.3. The molecule has 2 aromatic rings. The number of rotatable bonds is 3. The van der Waals surface area contributed by atoms with Gasteiger partial charge in [-0.3, -0.25) is 4.79 Å². The maximum absolute atomic E-state index is 13.3. The van der Waals surface area contributed by atoms with Crippen molar-refractivity contribution in [1.29, 1.82) is 0 Å². The van der Waals surface area contributed by atoms with E-state index in [0.29, 0.717) is 4.47 Å². The molecule has 0 fully saturated rings. The maximum Gasteiger partial charge on any atom is 0.251 e. The van der Waals surface area contributed by atoms with E-state index in [2.05, 4.69) is 21.2 Å². The quantitative estimate of drug-likeness (QED) is 0.911. The van der Waals surface area contributed by atoms with Crippen LogP contribution in [-0.2, 0) is 6.54 Å². The molecule has 19 heavy (non-hydrogen) atoms. The largest absolute Gasteiger partial charge is 0.508 e. The van der Waals surface area contributed by atoms with E-state index in [-0.39, 0.29) is 23.8 Å². The first-order chi connectivity index (χ1) is 9.06. The summed E-state index contributed by atoms with van der Waals surface area (Å²) in [5, 5.41) is 12.0. The number of hydrogen-bond acceptors (Lipinski definition) is 2. The Morgan fingerprint density at radius 1 is 1.26 bits per heavy atom. The minimum absolute atomic E-state index is 0.140. The predicted octanol–water partition coefficient (Wildman–Crippen LogP) is 3.22. The van der Waals surface area contributed by atoms with Crippen molar-refractivity contribution in [2.75, 3.05) is 0 Å². The average molecular weight is 324 g/mol. The number of nitrogens with one attached hydrogen (secondary N) is 1. The van der Waals surface area contributed by atoms with Crippen molar-refractivity contribution in [1.82, 2.24) is 5.32 Å². The van der Waals surface area contributed by atoms with Crippen LogP contribution in [0, 0.1) is 5.82 Å². The van der Waals surface area contributed by atoms with Gasteiger partial charge in [0.2, 0.25) is 0 Å². The normalized spacial score (nSPS) is 10.2. The van der Waals surface area contributed by atoms with Gasteiger partial charge in [-0.05, 0) is 51.8 Å². The van der Waals surface area contributed by atoms with Gasteiger partial charge in [-0.15, -0.1) is 0 Å². The smallest absolute Gasteiger partial charge is 0.251 e. The molecular formula is C14H11BrFNO2. The SMILES string of the molecule is O=C(NCc1cccc(O)c1)c1ccc(Br)c(F)c1. The highest BCUT2D eigenvalue weighted by Crippen LogP contribution is 2.16. The molecule has 0 spiro atoms. The molecule has 98 valence electrons. The molecule has 0 unspecified atom stereocenters. The highest BCUT2D eigenvalue weighted by molar-refractivity contribution is 9.10. The monoisotopic (exact) mass is 323 g/mol. The van der Waals surface area contributed by atoms with E-state index in [9.17, 15) is 14.3 Å². The molecule has 2 aromatic carbocycles. The summed E-state index contributed by atoms with van der Waals surface area (Å²) in [5.74, 6) is -0.707. The number of amides is 1. The number of phenolic OH excluding ortho intramolecular Hbond substituents is 1. The van der Waals surface area contributed by atoms with Crippen LogP contribution in [0.15, 0.2) is 46.9 Å². The molecule has 1 amide bonds. The molecule has 0 aliphatic rings. The van der Waals surface area contributed by atoms with Gasteiger partial charge in [0.05, 0.1) is 4.47 Å². The van der Waals surface area contributed by atoms with Crippen LogP contribution in [0.4, 0.5) is 4.39 Å². The zero-order valence-corrected chi connectivity index (χ0v) is 11.4. The summed E-state index contributed by atoms with van der Waals surface area (Å²) in [5.41, 5.74) is 1.02. The summed E-state index contributed by atoms with van der Waals surface area (Å²) in [6.07, 6.45) is 0. The first kappa shape index (κ1) is 13.5. The summed E-state index contributed by atoms with van der Waals surface area (Å²) in [4.78, 5) is 11.8. The third-order valence-electron chi connectivity index (χ3n) is 2.55. The van der Waals surface area contributed by atoms with Gasteiger partial charge >= 0.3 is 0 Å². The molecule has 0 radical (unpaired) electrons. The second-order valence-electron chi connectivity index (χ2n) is 3.98. The van der Waals surface area contributed by atoms with Crippen LogP contribution in [0.2, 0.25) is 0 Å². The third kappa shape index (κ3) is 3.54. The van der Waals surface area contributed by atoms with E-state index in [1.165, 1.54) is 18.2 Å². The molecule has 3 nitrogen and oxygen atoms in total. The lowest BCUT2D eigenvalue weighted by atomic mass is 10.2. The van der Waals surface area contributed by atoms with Crippen LogP contribution in [0.1, 0.15) is 15.9 Å². The Labute approximate surface area is 118 Å². The predicted molar refractivity (Wildman–Crippen MR) is 73.4 cm³/mol. The van der Waals surface area contributed by atoms with Crippen LogP contribution in [0.25, 0.3) is 0 Å². The summed E-state index contributed by atoms with van der Waals surface area (Å²) in [7, 11) is 0. The van der Waals surface area contributed by atoms with Crippen LogP contribution >= 0.6 is 15.9 Å². The fourth-order valence-electron chi connectivity index (χ4n) is 1.59. The van der Waals surface area contributed by atoms with E-state index in [1.807, 2.05) is 0 Å². The Balaban J connectivity index is 2.03. The Morgan fingerprint density at radius 2 is 2.05 bits per heavy atom. The first-order valence-corrected chi connectivity index (χ1v) is 6.37. The van der Waals surface area contributed by atoms with Gasteiger partial charge in [0.15, 0.2) is 0 Å². The number of carbonyl (C=O) groups excluding carboxylic acids is 1. The lowest BCUT2D eigenvalue weighted by Gasteiger charge is -2.06. The zero-order chi connectivity index (χ0) is 13.8. The van der Waals surface area contributed by atoms with Crippen molar-refractivity contribution in [2.24, 2.45) is 0 Å². The number of halogens is 2.